The quantitative estimate of drug-likeness (QED) is 0.911. The lowest BCUT2D eigenvalue weighted by atomic mass is 10.2. The van der Waals surface area contributed by atoms with E-state index in [1.807, 2.05) is 6.07 Å². The van der Waals surface area contributed by atoms with Crippen LogP contribution in [0.4, 0.5) is 5.82 Å². The van der Waals surface area contributed by atoms with Gasteiger partial charge in [-0.25, -0.2) is 9.97 Å². The number of halogens is 1. The normalized spacial score (nSPS) is 10.5. The van der Waals surface area contributed by atoms with Gasteiger partial charge >= 0.3 is 0 Å². The number of hydrogen-bond donors (Lipinski definition) is 1. The highest BCUT2D eigenvalue weighted by molar-refractivity contribution is 9.10. The molecule has 2 heterocycles. The van der Waals surface area contributed by atoms with Crippen LogP contribution < -0.4 is 5.32 Å². The van der Waals surface area contributed by atoms with E-state index in [9.17, 15) is 0 Å². The summed E-state index contributed by atoms with van der Waals surface area (Å²) in [6, 6.07) is 4.14. The Morgan fingerprint density at radius 3 is 2.94 bits per heavy atom. The topological polar surface area (TPSA) is 37.8 Å². The van der Waals surface area contributed by atoms with Gasteiger partial charge in [0.25, 0.3) is 0 Å². The van der Waals surface area contributed by atoms with E-state index >= 15 is 0 Å². The number of nitrogens with one attached hydrogen (secondary N) is 1. The van der Waals surface area contributed by atoms with Crippen molar-refractivity contribution in [1.82, 2.24) is 9.97 Å². The molecule has 0 fully saturated rings. The lowest BCUT2D eigenvalue weighted by Gasteiger charge is -2.05. The number of aryl methyl sites for hydroxylation is 1. The molecule has 0 unspecified atom stereocenters. The first kappa shape index (κ1) is 12.5. The molecule has 0 saturated carbocycles. The maximum Gasteiger partial charge on any atom is 0.129 e. The van der Waals surface area contributed by atoms with Crippen LogP contribution in [0.25, 0.3) is 0 Å². The van der Waals surface area contributed by atoms with Crippen LogP contribution in [0.15, 0.2) is 28.3 Å². The lowest BCUT2D eigenvalue weighted by molar-refractivity contribution is 0.871. The molecule has 0 saturated heterocycles. The van der Waals surface area contributed by atoms with Crippen molar-refractivity contribution in [2.75, 3.05) is 5.32 Å². The lowest BCUT2D eigenvalue weighted by Crippen LogP contribution is -2.01. The maximum atomic E-state index is 4.23. The molecule has 90 valence electrons. The molecule has 0 radical (unpaired) electrons. The van der Waals surface area contributed by atoms with Crippen LogP contribution in [0, 0.1) is 0 Å². The van der Waals surface area contributed by atoms with Crippen LogP contribution in [0.1, 0.15) is 23.9 Å². The summed E-state index contributed by atoms with van der Waals surface area (Å²) in [7, 11) is 0. The molecule has 0 aliphatic rings. The van der Waals surface area contributed by atoms with Crippen molar-refractivity contribution in [3.8, 4) is 0 Å². The van der Waals surface area contributed by atoms with Gasteiger partial charge in [0.15, 0.2) is 0 Å². The number of anilines is 1. The van der Waals surface area contributed by atoms with E-state index < -0.39 is 0 Å². The summed E-state index contributed by atoms with van der Waals surface area (Å²) in [6.45, 7) is 2.96. The van der Waals surface area contributed by atoms with Gasteiger partial charge in [-0.2, -0.15) is 0 Å². The summed E-state index contributed by atoms with van der Waals surface area (Å²) in [5.74, 6) is 0.896. The van der Waals surface area contributed by atoms with E-state index in [0.717, 1.165) is 35.4 Å². The Morgan fingerprint density at radius 2 is 2.24 bits per heavy atom. The fourth-order valence-electron chi connectivity index (χ4n) is 1.51. The Balaban J connectivity index is 1.96. The summed E-state index contributed by atoms with van der Waals surface area (Å²) in [5, 5.41) is 5.39. The first-order chi connectivity index (χ1) is 8.28. The maximum absolute atomic E-state index is 4.23. The molecule has 1 N–H and O–H groups in total. The molecular weight excluding hydrogens is 298 g/mol. The molecule has 3 nitrogen and oxygen atoms in total. The van der Waals surface area contributed by atoms with Crippen LogP contribution in [0.3, 0.4) is 0 Å². The number of hydrogen-bond acceptors (Lipinski definition) is 4. The summed E-state index contributed by atoms with van der Waals surface area (Å²) in [6.07, 6.45) is 3.73. The molecule has 0 bridgehead atoms. The monoisotopic (exact) mass is 311 g/mol. The summed E-state index contributed by atoms with van der Waals surface area (Å²) < 4.78 is 1.13. The van der Waals surface area contributed by atoms with Gasteiger partial charge < -0.3 is 5.32 Å². The molecule has 0 aliphatic heterocycles. The third kappa shape index (κ3) is 3.78. The molecule has 2 aromatic rings. The molecule has 5 heteroatoms. The highest BCUT2D eigenvalue weighted by Crippen LogP contribution is 2.20. The van der Waals surface area contributed by atoms with E-state index in [4.69, 9.17) is 0 Å². The second-order valence-electron chi connectivity index (χ2n) is 3.73. The van der Waals surface area contributed by atoms with E-state index in [-0.39, 0.29) is 0 Å². The second kappa shape index (κ2) is 6.12. The molecule has 0 aromatic carbocycles. The summed E-state index contributed by atoms with van der Waals surface area (Å²) >= 11 is 5.18. The zero-order valence-corrected chi connectivity index (χ0v) is 12.0. The van der Waals surface area contributed by atoms with Gasteiger partial charge in [0, 0.05) is 26.5 Å². The van der Waals surface area contributed by atoms with Crippen molar-refractivity contribution in [2.24, 2.45) is 0 Å². The highest BCUT2D eigenvalue weighted by Gasteiger charge is 2.00. The standard InChI is InChI=1S/C12H14BrN3S/c1-2-3-10-5-12(16-8-15-10)14-6-11-4-9(13)7-17-11/h4-5,7-8H,2-3,6H2,1H3,(H,14,15,16). The number of rotatable bonds is 5. The summed E-state index contributed by atoms with van der Waals surface area (Å²) in [5.41, 5.74) is 1.09. The van der Waals surface area contributed by atoms with Crippen molar-refractivity contribution >= 4 is 33.1 Å². The molecule has 2 aromatic heterocycles. The van der Waals surface area contributed by atoms with Gasteiger partial charge in [0.1, 0.15) is 12.1 Å². The minimum Gasteiger partial charge on any atom is -0.365 e. The highest BCUT2D eigenvalue weighted by atomic mass is 79.9. The van der Waals surface area contributed by atoms with E-state index in [2.05, 4.69) is 49.6 Å². The van der Waals surface area contributed by atoms with Gasteiger partial charge in [-0.05, 0) is 28.4 Å². The van der Waals surface area contributed by atoms with Crippen LogP contribution in [-0.4, -0.2) is 9.97 Å². The van der Waals surface area contributed by atoms with E-state index in [1.54, 1.807) is 17.7 Å². The van der Waals surface area contributed by atoms with Gasteiger partial charge in [-0.3, -0.25) is 0 Å². The average Bonchev–Trinajstić information content (AvgIpc) is 2.74. The minimum atomic E-state index is 0.804. The largest absolute Gasteiger partial charge is 0.365 e. The third-order valence-corrected chi connectivity index (χ3v) is 3.99. The van der Waals surface area contributed by atoms with Gasteiger partial charge in [0.2, 0.25) is 0 Å². The first-order valence-electron chi connectivity index (χ1n) is 5.55. The molecule has 0 amide bonds. The predicted molar refractivity (Wildman–Crippen MR) is 75.4 cm³/mol. The van der Waals surface area contributed by atoms with Crippen molar-refractivity contribution in [3.05, 3.63) is 38.9 Å². The van der Waals surface area contributed by atoms with Crippen molar-refractivity contribution in [2.45, 2.75) is 26.3 Å². The fourth-order valence-corrected chi connectivity index (χ4v) is 2.90. The molecule has 2 rings (SSSR count). The van der Waals surface area contributed by atoms with Gasteiger partial charge in [0.05, 0.1) is 6.54 Å². The first-order valence-corrected chi connectivity index (χ1v) is 7.23. The van der Waals surface area contributed by atoms with Crippen LogP contribution in [-0.2, 0) is 13.0 Å². The average molecular weight is 312 g/mol. The molecule has 0 spiro atoms. The van der Waals surface area contributed by atoms with Crippen LogP contribution in [0.5, 0.6) is 0 Å². The Labute approximate surface area is 113 Å². The van der Waals surface area contributed by atoms with Crippen molar-refractivity contribution < 1.29 is 0 Å². The molecule has 0 atom stereocenters. The van der Waals surface area contributed by atoms with Gasteiger partial charge in [-0.15, -0.1) is 11.3 Å². The van der Waals surface area contributed by atoms with Crippen LogP contribution >= 0.6 is 27.3 Å². The third-order valence-electron chi connectivity index (χ3n) is 2.30. The van der Waals surface area contributed by atoms with Gasteiger partial charge in [-0.1, -0.05) is 13.3 Å². The Morgan fingerprint density at radius 1 is 1.35 bits per heavy atom. The molecule has 17 heavy (non-hydrogen) atoms. The van der Waals surface area contributed by atoms with Crippen LogP contribution in [0.2, 0.25) is 0 Å². The predicted octanol–water partition coefficient (Wildman–Crippen LogP) is 3.87. The summed E-state index contributed by atoms with van der Waals surface area (Å²) in [4.78, 5) is 9.73. The smallest absolute Gasteiger partial charge is 0.129 e. The minimum absolute atomic E-state index is 0.804. The van der Waals surface area contributed by atoms with Crippen molar-refractivity contribution in [1.29, 1.82) is 0 Å². The SMILES string of the molecule is CCCc1cc(NCc2cc(Br)cs2)ncn1. The Hall–Kier alpha value is -0.940. The second-order valence-corrected chi connectivity index (χ2v) is 5.64. The Kier molecular flexibility index (Phi) is 4.50. The van der Waals surface area contributed by atoms with E-state index in [1.165, 1.54) is 4.88 Å². The number of thiophene rings is 1. The molecular formula is C12H14BrN3S. The fraction of sp³-hybridized carbons (Fsp3) is 0.333. The number of aromatic nitrogens is 2. The van der Waals surface area contributed by atoms with E-state index in [0.29, 0.717) is 0 Å². The number of nitrogens with zero attached hydrogens (tertiary/aromatic N) is 2. The van der Waals surface area contributed by atoms with Crippen molar-refractivity contribution in [3.63, 3.8) is 0 Å². The molecule has 0 aliphatic carbocycles. The zero-order valence-electron chi connectivity index (χ0n) is 9.61. The Bertz CT molecular complexity index is 484. The zero-order chi connectivity index (χ0) is 12.1.